The zero-order chi connectivity index (χ0) is 13.1. The van der Waals surface area contributed by atoms with E-state index in [2.05, 4.69) is 10.2 Å². The second-order valence-corrected chi connectivity index (χ2v) is 5.26. The van der Waals surface area contributed by atoms with Crippen molar-refractivity contribution in [3.05, 3.63) is 0 Å². The molecule has 17 heavy (non-hydrogen) atoms. The minimum Gasteiger partial charge on any atom is -0.444 e. The highest BCUT2D eigenvalue weighted by Crippen LogP contribution is 2.26. The van der Waals surface area contributed by atoms with Gasteiger partial charge in [0.1, 0.15) is 5.60 Å². The molecule has 0 aromatic carbocycles. The number of carbonyl (C=O) groups is 2. The lowest BCUT2D eigenvalue weighted by Gasteiger charge is -2.21. The Morgan fingerprint density at radius 3 is 2.47 bits per heavy atom. The molecule has 1 aliphatic rings. The first-order valence-electron chi connectivity index (χ1n) is 5.66. The number of ether oxygens (including phenoxy) is 1. The number of hydrogen-bond donors (Lipinski definition) is 2. The molecule has 0 heterocycles. The molecule has 2 N–H and O–H groups in total. The quantitative estimate of drug-likeness (QED) is 0.571. The maximum absolute atomic E-state index is 11.5. The molecule has 0 saturated heterocycles. The van der Waals surface area contributed by atoms with E-state index in [-0.39, 0.29) is 12.0 Å². The Bertz CT molecular complexity index is 297. The molecule has 0 bridgehead atoms. The van der Waals surface area contributed by atoms with Crippen LogP contribution < -0.4 is 5.32 Å². The first kappa shape index (κ1) is 13.8. The topological polar surface area (TPSA) is 84.9 Å². The van der Waals surface area contributed by atoms with E-state index in [4.69, 9.17) is 9.99 Å². The van der Waals surface area contributed by atoms with E-state index in [0.29, 0.717) is 19.3 Å². The van der Waals surface area contributed by atoms with E-state index < -0.39 is 17.7 Å². The van der Waals surface area contributed by atoms with Crippen molar-refractivity contribution in [3.8, 4) is 0 Å². The van der Waals surface area contributed by atoms with Gasteiger partial charge in [0, 0.05) is 6.04 Å². The van der Waals surface area contributed by atoms with Gasteiger partial charge in [0.2, 0.25) is 0 Å². The summed E-state index contributed by atoms with van der Waals surface area (Å²) in [6, 6.07) is -0.103. The molecule has 2 unspecified atom stereocenters. The number of carbonyl (C=O) groups excluding carboxylic acids is 2. The first-order chi connectivity index (χ1) is 7.81. The Balaban J connectivity index is 2.35. The summed E-state index contributed by atoms with van der Waals surface area (Å²) in [7, 11) is 0. The van der Waals surface area contributed by atoms with Gasteiger partial charge in [-0.2, -0.15) is 5.26 Å². The van der Waals surface area contributed by atoms with Crippen LogP contribution in [0.25, 0.3) is 0 Å². The number of hydrogen-bond acceptors (Lipinski definition) is 5. The average molecular weight is 245 g/mol. The van der Waals surface area contributed by atoms with Gasteiger partial charge in [0.15, 0.2) is 0 Å². The van der Waals surface area contributed by atoms with Crippen molar-refractivity contribution in [2.45, 2.75) is 51.7 Å². The molecule has 98 valence electrons. The molecule has 0 spiro atoms. The van der Waals surface area contributed by atoms with Crippen LogP contribution in [0.3, 0.4) is 0 Å². The van der Waals surface area contributed by atoms with Gasteiger partial charge in [0.05, 0.1) is 5.92 Å². The molecular formula is C11H19NO5. The lowest BCUT2D eigenvalue weighted by Crippen LogP contribution is -2.38. The molecule has 6 nitrogen and oxygen atoms in total. The van der Waals surface area contributed by atoms with Crippen molar-refractivity contribution < 1.29 is 24.5 Å². The van der Waals surface area contributed by atoms with E-state index in [0.717, 1.165) is 0 Å². The summed E-state index contributed by atoms with van der Waals surface area (Å²) < 4.78 is 5.11. The number of alkyl carbamates (subject to hydrolysis) is 1. The van der Waals surface area contributed by atoms with Crippen LogP contribution in [0.15, 0.2) is 0 Å². The normalized spacial score (nSPS) is 24.2. The molecule has 1 aliphatic carbocycles. The van der Waals surface area contributed by atoms with Gasteiger partial charge >= 0.3 is 12.1 Å². The fourth-order valence-electron chi connectivity index (χ4n) is 1.88. The van der Waals surface area contributed by atoms with E-state index in [1.54, 1.807) is 20.8 Å². The van der Waals surface area contributed by atoms with Crippen LogP contribution in [0.4, 0.5) is 4.79 Å². The van der Waals surface area contributed by atoms with Gasteiger partial charge in [-0.15, -0.1) is 0 Å². The van der Waals surface area contributed by atoms with Crippen molar-refractivity contribution in [1.29, 1.82) is 0 Å². The van der Waals surface area contributed by atoms with Crippen LogP contribution in [0, 0.1) is 5.92 Å². The zero-order valence-corrected chi connectivity index (χ0v) is 10.4. The molecule has 0 aromatic rings. The summed E-state index contributed by atoms with van der Waals surface area (Å²) in [5, 5.41) is 10.9. The molecular weight excluding hydrogens is 226 g/mol. The second-order valence-electron chi connectivity index (χ2n) is 5.26. The van der Waals surface area contributed by atoms with Crippen molar-refractivity contribution >= 4 is 12.1 Å². The second kappa shape index (κ2) is 5.35. The lowest BCUT2D eigenvalue weighted by molar-refractivity contribution is -0.238. The molecule has 0 aliphatic heterocycles. The van der Waals surface area contributed by atoms with Gasteiger partial charge in [0.25, 0.3) is 0 Å². The van der Waals surface area contributed by atoms with Crippen molar-refractivity contribution in [3.63, 3.8) is 0 Å². The fourth-order valence-corrected chi connectivity index (χ4v) is 1.88. The molecule has 1 saturated carbocycles. The lowest BCUT2D eigenvalue weighted by atomic mass is 10.1. The zero-order valence-electron chi connectivity index (χ0n) is 10.4. The number of rotatable bonds is 2. The third-order valence-corrected chi connectivity index (χ3v) is 2.58. The van der Waals surface area contributed by atoms with E-state index in [1.807, 2.05) is 0 Å². The average Bonchev–Trinajstić information content (AvgIpc) is 2.62. The standard InChI is InChI=1S/C11H19NO5/c1-11(2,3)16-10(14)12-8-5-4-7(6-8)9(13)17-15/h7-8,15H,4-6H2,1-3H3,(H,12,14). The summed E-state index contributed by atoms with van der Waals surface area (Å²) in [5.41, 5.74) is -0.536. The summed E-state index contributed by atoms with van der Waals surface area (Å²) in [4.78, 5) is 26.2. The molecule has 0 aromatic heterocycles. The highest BCUT2D eigenvalue weighted by Gasteiger charge is 2.32. The van der Waals surface area contributed by atoms with E-state index in [1.165, 1.54) is 0 Å². The Morgan fingerprint density at radius 2 is 1.94 bits per heavy atom. The Hall–Kier alpha value is -1.30. The monoisotopic (exact) mass is 245 g/mol. The van der Waals surface area contributed by atoms with Crippen molar-refractivity contribution in [2.75, 3.05) is 0 Å². The van der Waals surface area contributed by atoms with Crippen molar-refractivity contribution in [1.82, 2.24) is 5.32 Å². The molecule has 1 fully saturated rings. The van der Waals surface area contributed by atoms with Crippen LogP contribution >= 0.6 is 0 Å². The molecule has 6 heteroatoms. The summed E-state index contributed by atoms with van der Waals surface area (Å²) in [6.07, 6.45) is 1.26. The third-order valence-electron chi connectivity index (χ3n) is 2.58. The van der Waals surface area contributed by atoms with Gasteiger partial charge in [-0.05, 0) is 40.0 Å². The SMILES string of the molecule is CC(C)(C)OC(=O)NC1CCC(C(=O)OO)C1. The maximum atomic E-state index is 11.5. The summed E-state index contributed by atoms with van der Waals surface area (Å²) in [6.45, 7) is 5.35. The molecule has 2 atom stereocenters. The number of nitrogens with one attached hydrogen (secondary N) is 1. The van der Waals surface area contributed by atoms with Crippen molar-refractivity contribution in [2.24, 2.45) is 5.92 Å². The molecule has 0 radical (unpaired) electrons. The minimum atomic E-state index is -0.640. The molecule has 1 amide bonds. The largest absolute Gasteiger partial charge is 0.444 e. The maximum Gasteiger partial charge on any atom is 0.407 e. The third kappa shape index (κ3) is 4.60. The van der Waals surface area contributed by atoms with Gasteiger partial charge in [-0.3, -0.25) is 0 Å². The summed E-state index contributed by atoms with van der Waals surface area (Å²) in [5.74, 6) is -0.988. The highest BCUT2D eigenvalue weighted by molar-refractivity contribution is 5.73. The minimum absolute atomic E-state index is 0.103. The van der Waals surface area contributed by atoms with Crippen LogP contribution in [-0.2, 0) is 14.4 Å². The van der Waals surface area contributed by atoms with Gasteiger partial charge in [-0.1, -0.05) is 0 Å². The smallest absolute Gasteiger partial charge is 0.407 e. The van der Waals surface area contributed by atoms with Crippen LogP contribution in [0.1, 0.15) is 40.0 Å². The van der Waals surface area contributed by atoms with E-state index >= 15 is 0 Å². The molecule has 1 rings (SSSR count). The number of amides is 1. The Labute approximate surface area is 100 Å². The van der Waals surface area contributed by atoms with Crippen LogP contribution in [0.5, 0.6) is 0 Å². The van der Waals surface area contributed by atoms with Gasteiger partial charge < -0.3 is 14.9 Å². The van der Waals surface area contributed by atoms with Crippen LogP contribution in [-0.4, -0.2) is 29.0 Å². The first-order valence-corrected chi connectivity index (χ1v) is 5.66. The highest BCUT2D eigenvalue weighted by atomic mass is 17.1. The van der Waals surface area contributed by atoms with Gasteiger partial charge in [-0.25, -0.2) is 9.59 Å². The summed E-state index contributed by atoms with van der Waals surface area (Å²) >= 11 is 0. The van der Waals surface area contributed by atoms with E-state index in [9.17, 15) is 9.59 Å². The predicted octanol–water partition coefficient (Wildman–Crippen LogP) is 1.70. The fraction of sp³-hybridized carbons (Fsp3) is 0.818. The van der Waals surface area contributed by atoms with Crippen LogP contribution in [0.2, 0.25) is 0 Å². The predicted molar refractivity (Wildman–Crippen MR) is 59.2 cm³/mol. The Kier molecular flexibility index (Phi) is 4.34. The Morgan fingerprint density at radius 1 is 1.29 bits per heavy atom.